The number of carboxylic acid groups (broad SMARTS) is 1. The zero-order valence-electron chi connectivity index (χ0n) is 12.3. The highest BCUT2D eigenvalue weighted by molar-refractivity contribution is 5.88. The van der Waals surface area contributed by atoms with Gasteiger partial charge in [0.05, 0.1) is 12.2 Å². The number of aromatic carboxylic acids is 1. The minimum Gasteiger partial charge on any atom is -0.477 e. The van der Waals surface area contributed by atoms with E-state index in [1.165, 1.54) is 10.8 Å². The molecule has 0 saturated carbocycles. The smallest absolute Gasteiger partial charge is 0.341 e. The van der Waals surface area contributed by atoms with E-state index in [0.717, 1.165) is 0 Å². The molecule has 23 heavy (non-hydrogen) atoms. The fourth-order valence-electron chi connectivity index (χ4n) is 2.24. The van der Waals surface area contributed by atoms with E-state index in [1.807, 2.05) is 6.07 Å². The third kappa shape index (κ3) is 2.89. The number of carboxylic acids is 1. The number of aryl methyl sites for hydroxylation is 1. The van der Waals surface area contributed by atoms with Crippen LogP contribution in [-0.2, 0) is 6.54 Å². The lowest BCUT2D eigenvalue weighted by atomic mass is 10.1. The summed E-state index contributed by atoms with van der Waals surface area (Å²) in [6.45, 7) is 1.68. The van der Waals surface area contributed by atoms with E-state index < -0.39 is 11.5 Å². The van der Waals surface area contributed by atoms with E-state index in [0.29, 0.717) is 22.7 Å². The molecule has 0 amide bonds. The number of hydrogen-bond donors (Lipinski definition) is 1. The molecule has 0 spiro atoms. The molecule has 3 aromatic rings. The van der Waals surface area contributed by atoms with E-state index in [1.54, 1.807) is 37.4 Å². The van der Waals surface area contributed by atoms with Gasteiger partial charge < -0.3 is 14.2 Å². The number of pyridine rings is 2. The Bertz CT molecular complexity index is 913. The van der Waals surface area contributed by atoms with Crippen molar-refractivity contribution in [3.63, 3.8) is 0 Å². The molecule has 0 aliphatic heterocycles. The average molecular weight is 311 g/mol. The van der Waals surface area contributed by atoms with Gasteiger partial charge in [0.2, 0.25) is 0 Å². The van der Waals surface area contributed by atoms with Gasteiger partial charge in [-0.25, -0.2) is 4.79 Å². The van der Waals surface area contributed by atoms with E-state index in [4.69, 9.17) is 9.63 Å². The molecule has 0 aliphatic rings. The second kappa shape index (κ2) is 5.88. The predicted molar refractivity (Wildman–Crippen MR) is 81.2 cm³/mol. The third-order valence-corrected chi connectivity index (χ3v) is 3.40. The van der Waals surface area contributed by atoms with Gasteiger partial charge >= 0.3 is 5.97 Å². The minimum atomic E-state index is -1.24. The first-order chi connectivity index (χ1) is 11.1. The molecule has 0 radical (unpaired) electrons. The Balaban J connectivity index is 1.92. The molecule has 0 fully saturated rings. The van der Waals surface area contributed by atoms with Crippen LogP contribution >= 0.6 is 0 Å². The summed E-state index contributed by atoms with van der Waals surface area (Å²) >= 11 is 0. The van der Waals surface area contributed by atoms with Crippen molar-refractivity contribution in [3.8, 4) is 11.4 Å². The van der Waals surface area contributed by atoms with Gasteiger partial charge in [0.15, 0.2) is 5.76 Å². The van der Waals surface area contributed by atoms with Crippen LogP contribution in [0.3, 0.4) is 0 Å². The lowest BCUT2D eigenvalue weighted by Gasteiger charge is -2.06. The standard InChI is InChI=1S/C16H13N3O4/c1-10-5-7-19(15(20)14(10)16(21)22)9-11-8-13(18-23-11)12-4-2-3-6-17-12/h2-8H,9H2,1H3,(H,21,22). The maximum Gasteiger partial charge on any atom is 0.341 e. The fourth-order valence-corrected chi connectivity index (χ4v) is 2.24. The number of rotatable bonds is 4. The second-order valence-corrected chi connectivity index (χ2v) is 5.01. The van der Waals surface area contributed by atoms with Crippen molar-refractivity contribution in [3.05, 3.63) is 70.0 Å². The van der Waals surface area contributed by atoms with Gasteiger partial charge in [0.25, 0.3) is 5.56 Å². The molecule has 116 valence electrons. The Morgan fingerprint density at radius 3 is 2.83 bits per heavy atom. The molecule has 0 bridgehead atoms. The van der Waals surface area contributed by atoms with Crippen LogP contribution < -0.4 is 5.56 Å². The van der Waals surface area contributed by atoms with Crippen molar-refractivity contribution in [2.45, 2.75) is 13.5 Å². The number of carbonyl (C=O) groups is 1. The summed E-state index contributed by atoms with van der Waals surface area (Å²) in [6.07, 6.45) is 3.18. The summed E-state index contributed by atoms with van der Waals surface area (Å²) < 4.78 is 6.49. The zero-order chi connectivity index (χ0) is 16.4. The van der Waals surface area contributed by atoms with E-state index in [2.05, 4.69) is 10.1 Å². The minimum absolute atomic E-state index is 0.0965. The van der Waals surface area contributed by atoms with Crippen LogP contribution in [0, 0.1) is 6.92 Å². The first kappa shape index (κ1) is 14.7. The Labute approximate surface area is 130 Å². The van der Waals surface area contributed by atoms with Crippen LogP contribution in [0.15, 0.2) is 52.0 Å². The SMILES string of the molecule is Cc1ccn(Cc2cc(-c3ccccn3)no2)c(=O)c1C(=O)O. The number of hydrogen-bond acceptors (Lipinski definition) is 5. The van der Waals surface area contributed by atoms with Crippen molar-refractivity contribution in [2.75, 3.05) is 0 Å². The molecule has 7 nitrogen and oxygen atoms in total. The third-order valence-electron chi connectivity index (χ3n) is 3.40. The van der Waals surface area contributed by atoms with E-state index in [9.17, 15) is 9.59 Å². The molecule has 0 atom stereocenters. The molecular formula is C16H13N3O4. The van der Waals surface area contributed by atoms with Gasteiger partial charge in [-0.15, -0.1) is 0 Å². The van der Waals surface area contributed by atoms with Crippen LogP contribution in [0.25, 0.3) is 11.4 Å². The lowest BCUT2D eigenvalue weighted by Crippen LogP contribution is -2.27. The van der Waals surface area contributed by atoms with E-state index in [-0.39, 0.29) is 12.1 Å². The molecule has 7 heteroatoms. The molecule has 1 N–H and O–H groups in total. The van der Waals surface area contributed by atoms with Gasteiger partial charge in [-0.2, -0.15) is 0 Å². The average Bonchev–Trinajstić information content (AvgIpc) is 2.99. The van der Waals surface area contributed by atoms with Crippen LogP contribution in [0.1, 0.15) is 21.7 Å². The van der Waals surface area contributed by atoms with Crippen molar-refractivity contribution in [2.24, 2.45) is 0 Å². The van der Waals surface area contributed by atoms with Crippen LogP contribution in [0.4, 0.5) is 0 Å². The van der Waals surface area contributed by atoms with Crippen molar-refractivity contribution < 1.29 is 14.4 Å². The monoisotopic (exact) mass is 311 g/mol. The van der Waals surface area contributed by atoms with Gasteiger partial charge in [-0.1, -0.05) is 11.2 Å². The highest BCUT2D eigenvalue weighted by atomic mass is 16.5. The molecule has 3 heterocycles. The lowest BCUT2D eigenvalue weighted by molar-refractivity contribution is 0.0693. The van der Waals surface area contributed by atoms with Crippen LogP contribution in [-0.4, -0.2) is 25.8 Å². The van der Waals surface area contributed by atoms with E-state index >= 15 is 0 Å². The second-order valence-electron chi connectivity index (χ2n) is 5.01. The highest BCUT2D eigenvalue weighted by Crippen LogP contribution is 2.16. The van der Waals surface area contributed by atoms with Crippen LogP contribution in [0.2, 0.25) is 0 Å². The first-order valence-corrected chi connectivity index (χ1v) is 6.86. The Morgan fingerprint density at radius 1 is 1.30 bits per heavy atom. The molecule has 0 unspecified atom stereocenters. The molecular weight excluding hydrogens is 298 g/mol. The Kier molecular flexibility index (Phi) is 3.76. The predicted octanol–water partition coefficient (Wildman–Crippen LogP) is 1.95. The molecule has 0 aromatic carbocycles. The number of nitrogens with zero attached hydrogens (tertiary/aromatic N) is 3. The summed E-state index contributed by atoms with van der Waals surface area (Å²) in [5.74, 6) is -0.804. The van der Waals surface area contributed by atoms with Crippen molar-refractivity contribution in [1.82, 2.24) is 14.7 Å². The fraction of sp³-hybridized carbons (Fsp3) is 0.125. The van der Waals surface area contributed by atoms with Gasteiger partial charge in [0.1, 0.15) is 11.3 Å². The summed E-state index contributed by atoms with van der Waals surface area (Å²) in [5, 5.41) is 13.1. The first-order valence-electron chi connectivity index (χ1n) is 6.86. The summed E-state index contributed by atoms with van der Waals surface area (Å²) in [4.78, 5) is 27.6. The topological polar surface area (TPSA) is 98.2 Å². The Hall–Kier alpha value is -3.22. The van der Waals surface area contributed by atoms with Gasteiger partial charge in [-0.3, -0.25) is 9.78 Å². The summed E-state index contributed by atoms with van der Waals surface area (Å²) in [7, 11) is 0. The summed E-state index contributed by atoms with van der Waals surface area (Å²) in [6, 6.07) is 8.68. The Morgan fingerprint density at radius 2 is 2.13 bits per heavy atom. The normalized spacial score (nSPS) is 10.7. The molecule has 3 aromatic heterocycles. The molecule has 0 saturated heterocycles. The quantitative estimate of drug-likeness (QED) is 0.790. The summed E-state index contributed by atoms with van der Waals surface area (Å²) in [5.41, 5.74) is 0.819. The van der Waals surface area contributed by atoms with Crippen molar-refractivity contribution >= 4 is 5.97 Å². The van der Waals surface area contributed by atoms with Gasteiger partial charge in [-0.05, 0) is 30.7 Å². The maximum absolute atomic E-state index is 12.2. The largest absolute Gasteiger partial charge is 0.477 e. The van der Waals surface area contributed by atoms with Gasteiger partial charge in [0, 0.05) is 18.5 Å². The zero-order valence-corrected chi connectivity index (χ0v) is 12.3. The molecule has 0 aliphatic carbocycles. The van der Waals surface area contributed by atoms with Crippen LogP contribution in [0.5, 0.6) is 0 Å². The van der Waals surface area contributed by atoms with Crippen molar-refractivity contribution in [1.29, 1.82) is 0 Å². The molecule has 3 rings (SSSR count). The number of aromatic nitrogens is 3. The highest BCUT2D eigenvalue weighted by Gasteiger charge is 2.15. The maximum atomic E-state index is 12.2.